The molecule has 1 aromatic carbocycles. The molecular weight excluding hydrogens is 491 g/mol. The second-order valence-electron chi connectivity index (χ2n) is 9.01. The standard InChI is InChI=1S/C22H21F5N6O3/c1-9-3-11-7-21(6-9,19(29)36-10(2)28)33(11)20(35)31-16-4-12(13(5-14(16)23)22(25,26)27)17-30-8-15(24)18(34)32-17/h4-5,8-9,11,28-29H,3,6-7H2,1-2H3,(H,31,35)(H,30,32,34)/t9-,11?,21?/m1/s1. The predicted molar refractivity (Wildman–Crippen MR) is 118 cm³/mol. The maximum Gasteiger partial charge on any atom is 0.417 e. The maximum absolute atomic E-state index is 14.8. The molecule has 1 aliphatic carbocycles. The van der Waals surface area contributed by atoms with Gasteiger partial charge in [-0.1, -0.05) is 6.92 Å². The van der Waals surface area contributed by atoms with Gasteiger partial charge >= 0.3 is 12.2 Å². The fourth-order valence-corrected chi connectivity index (χ4v) is 5.01. The molecule has 2 unspecified atom stereocenters. The van der Waals surface area contributed by atoms with E-state index in [1.807, 2.05) is 11.9 Å². The van der Waals surface area contributed by atoms with Crippen molar-refractivity contribution in [3.63, 3.8) is 0 Å². The molecule has 14 heteroatoms. The number of fused-ring (bicyclic) bond motifs is 2. The molecule has 0 spiro atoms. The van der Waals surface area contributed by atoms with E-state index in [2.05, 4.69) is 10.3 Å². The third-order valence-electron chi connectivity index (χ3n) is 6.32. The minimum atomic E-state index is -5.06. The van der Waals surface area contributed by atoms with Gasteiger partial charge in [-0.3, -0.25) is 15.6 Å². The number of anilines is 1. The summed E-state index contributed by atoms with van der Waals surface area (Å²) in [6.45, 7) is 3.25. The Balaban J connectivity index is 1.71. The molecule has 2 aliphatic rings. The fraction of sp³-hybridized carbons (Fsp3) is 0.409. The Morgan fingerprint density at radius 3 is 2.56 bits per heavy atom. The normalized spacial score (nSPS) is 23.0. The maximum atomic E-state index is 14.8. The number of likely N-dealkylation sites (tertiary alicyclic amines) is 1. The zero-order chi connectivity index (χ0) is 26.6. The van der Waals surface area contributed by atoms with E-state index in [9.17, 15) is 31.5 Å². The highest BCUT2D eigenvalue weighted by molar-refractivity contribution is 6.00. The molecule has 3 atom stereocenters. The van der Waals surface area contributed by atoms with Gasteiger partial charge in [0.05, 0.1) is 17.4 Å². The second-order valence-corrected chi connectivity index (χ2v) is 9.01. The molecule has 1 saturated carbocycles. The minimum Gasteiger partial charge on any atom is -0.428 e. The second kappa shape index (κ2) is 8.68. The smallest absolute Gasteiger partial charge is 0.417 e. The van der Waals surface area contributed by atoms with Gasteiger partial charge in [-0.05, 0) is 30.9 Å². The van der Waals surface area contributed by atoms with Crippen molar-refractivity contribution in [2.45, 2.75) is 50.9 Å². The van der Waals surface area contributed by atoms with Crippen LogP contribution in [0.15, 0.2) is 23.1 Å². The van der Waals surface area contributed by atoms with Crippen LogP contribution in [0.2, 0.25) is 0 Å². The monoisotopic (exact) mass is 512 g/mol. The van der Waals surface area contributed by atoms with Crippen molar-refractivity contribution in [1.82, 2.24) is 14.9 Å². The molecule has 1 saturated heterocycles. The van der Waals surface area contributed by atoms with Crippen LogP contribution < -0.4 is 10.9 Å². The summed E-state index contributed by atoms with van der Waals surface area (Å²) in [7, 11) is 0. The summed E-state index contributed by atoms with van der Waals surface area (Å²) < 4.78 is 74.1. The molecule has 192 valence electrons. The zero-order valence-electron chi connectivity index (χ0n) is 19.0. The number of carbonyl (C=O) groups excluding carboxylic acids is 1. The highest BCUT2D eigenvalue weighted by Gasteiger charge is 2.62. The first-order valence-corrected chi connectivity index (χ1v) is 10.8. The fourth-order valence-electron chi connectivity index (χ4n) is 5.01. The van der Waals surface area contributed by atoms with E-state index in [0.29, 0.717) is 31.5 Å². The molecule has 2 aromatic rings. The molecular formula is C22H21F5N6O3. The van der Waals surface area contributed by atoms with Crippen molar-refractivity contribution in [1.29, 1.82) is 10.8 Å². The summed E-state index contributed by atoms with van der Waals surface area (Å²) in [5.41, 5.74) is -5.41. The molecule has 36 heavy (non-hydrogen) atoms. The first kappa shape index (κ1) is 25.3. The number of aromatic amines is 1. The number of aromatic nitrogens is 2. The van der Waals surface area contributed by atoms with Crippen LogP contribution in [0.4, 0.5) is 32.4 Å². The van der Waals surface area contributed by atoms with Crippen molar-refractivity contribution in [3.8, 4) is 11.4 Å². The van der Waals surface area contributed by atoms with Crippen molar-refractivity contribution < 1.29 is 31.5 Å². The number of halogens is 5. The highest BCUT2D eigenvalue weighted by atomic mass is 19.4. The third-order valence-corrected chi connectivity index (χ3v) is 6.32. The molecule has 1 aliphatic heterocycles. The van der Waals surface area contributed by atoms with Gasteiger partial charge in [0.25, 0.3) is 5.56 Å². The summed E-state index contributed by atoms with van der Waals surface area (Å²) in [5, 5.41) is 18.1. The van der Waals surface area contributed by atoms with Crippen molar-refractivity contribution >= 4 is 23.5 Å². The summed E-state index contributed by atoms with van der Waals surface area (Å²) in [6.07, 6.45) is -3.30. The number of piperidine rings is 1. The van der Waals surface area contributed by atoms with E-state index in [4.69, 9.17) is 15.6 Å². The van der Waals surface area contributed by atoms with Gasteiger partial charge in [0.2, 0.25) is 11.7 Å². The Morgan fingerprint density at radius 2 is 1.94 bits per heavy atom. The SMILES string of the molecule is CC(=N)OC(=N)C12CC(C[C@@H](C)C1)N2C(=O)Nc1cc(-c2ncc(F)c(=O)[nH]2)c(C(F)(F)F)cc1F. The summed E-state index contributed by atoms with van der Waals surface area (Å²) in [6, 6.07) is -0.400. The van der Waals surface area contributed by atoms with Crippen LogP contribution >= 0.6 is 0 Å². The molecule has 9 nitrogen and oxygen atoms in total. The van der Waals surface area contributed by atoms with Crippen LogP contribution in [0.1, 0.15) is 38.7 Å². The summed E-state index contributed by atoms with van der Waals surface area (Å²) in [4.78, 5) is 31.4. The van der Waals surface area contributed by atoms with Gasteiger partial charge in [0.1, 0.15) is 17.2 Å². The lowest BCUT2D eigenvalue weighted by molar-refractivity contribution is -0.137. The van der Waals surface area contributed by atoms with E-state index in [1.165, 1.54) is 11.8 Å². The Kier molecular flexibility index (Phi) is 6.09. The van der Waals surface area contributed by atoms with E-state index < -0.39 is 57.6 Å². The van der Waals surface area contributed by atoms with Gasteiger partial charge in [-0.15, -0.1) is 0 Å². The van der Waals surface area contributed by atoms with Gasteiger partial charge in [0.15, 0.2) is 5.90 Å². The van der Waals surface area contributed by atoms with Gasteiger partial charge in [-0.25, -0.2) is 14.2 Å². The van der Waals surface area contributed by atoms with E-state index >= 15 is 0 Å². The van der Waals surface area contributed by atoms with Crippen LogP contribution in [0.5, 0.6) is 0 Å². The number of amides is 2. The molecule has 2 heterocycles. The lowest BCUT2D eigenvalue weighted by atomic mass is 9.64. The third kappa shape index (κ3) is 4.31. The average molecular weight is 512 g/mol. The summed E-state index contributed by atoms with van der Waals surface area (Å²) >= 11 is 0. The lowest BCUT2D eigenvalue weighted by Crippen LogP contribution is -2.75. The molecule has 4 N–H and O–H groups in total. The number of hydrogen-bond donors (Lipinski definition) is 4. The van der Waals surface area contributed by atoms with E-state index in [0.717, 1.165) is 0 Å². The van der Waals surface area contributed by atoms with Crippen LogP contribution in [0, 0.1) is 28.4 Å². The topological polar surface area (TPSA) is 135 Å². The average Bonchev–Trinajstić information content (AvgIpc) is 2.75. The number of nitrogens with zero attached hydrogens (tertiary/aromatic N) is 2. The molecule has 2 fully saturated rings. The number of urea groups is 1. The van der Waals surface area contributed by atoms with Crippen molar-refractivity contribution in [2.75, 3.05) is 5.32 Å². The Hall–Kier alpha value is -3.84. The van der Waals surface area contributed by atoms with E-state index in [-0.39, 0.29) is 29.8 Å². The first-order chi connectivity index (χ1) is 16.7. The Morgan fingerprint density at radius 1 is 1.25 bits per heavy atom. The van der Waals surface area contributed by atoms with E-state index in [1.54, 1.807) is 0 Å². The molecule has 0 radical (unpaired) electrons. The quantitative estimate of drug-likeness (QED) is 0.274. The number of hydrogen-bond acceptors (Lipinski definition) is 6. The Labute approximate surface area is 200 Å². The van der Waals surface area contributed by atoms with Gasteiger partial charge in [-0.2, -0.15) is 17.6 Å². The number of alkyl halides is 3. The number of benzene rings is 1. The zero-order valence-corrected chi connectivity index (χ0v) is 19.0. The van der Waals surface area contributed by atoms with Crippen LogP contribution in [0.3, 0.4) is 0 Å². The summed E-state index contributed by atoms with van der Waals surface area (Å²) in [5.74, 6) is -3.86. The Bertz CT molecular complexity index is 1330. The van der Waals surface area contributed by atoms with Crippen LogP contribution in [-0.2, 0) is 10.9 Å². The number of carbonyl (C=O) groups is 1. The molecule has 2 amide bonds. The molecule has 1 aromatic heterocycles. The predicted octanol–water partition coefficient (Wildman–Crippen LogP) is 4.50. The number of nitrogens with one attached hydrogen (secondary N) is 4. The van der Waals surface area contributed by atoms with Gasteiger partial charge in [0, 0.05) is 24.9 Å². The van der Waals surface area contributed by atoms with Crippen LogP contribution in [-0.4, -0.2) is 44.3 Å². The number of rotatable bonds is 3. The molecule has 2 bridgehead atoms. The van der Waals surface area contributed by atoms with Crippen molar-refractivity contribution in [2.24, 2.45) is 5.92 Å². The highest BCUT2D eigenvalue weighted by Crippen LogP contribution is 2.51. The number of H-pyrrole nitrogens is 1. The molecule has 4 rings (SSSR count). The lowest BCUT2D eigenvalue weighted by Gasteiger charge is -2.62. The van der Waals surface area contributed by atoms with Gasteiger partial charge < -0.3 is 19.9 Å². The minimum absolute atomic E-state index is 0.124. The largest absolute Gasteiger partial charge is 0.428 e. The first-order valence-electron chi connectivity index (χ1n) is 10.8. The van der Waals surface area contributed by atoms with Crippen LogP contribution in [0.25, 0.3) is 11.4 Å². The van der Waals surface area contributed by atoms with Crippen molar-refractivity contribution in [3.05, 3.63) is 45.9 Å². The number of ether oxygens (including phenoxy) is 1.